The van der Waals surface area contributed by atoms with Gasteiger partial charge in [-0.25, -0.2) is 0 Å². The fourth-order valence-electron chi connectivity index (χ4n) is 2.70. The molecule has 2 rings (SSSR count). The van der Waals surface area contributed by atoms with Crippen LogP contribution in [0.3, 0.4) is 0 Å². The van der Waals surface area contributed by atoms with Crippen molar-refractivity contribution in [1.82, 2.24) is 0 Å². The zero-order valence-corrected chi connectivity index (χ0v) is 11.1. The normalized spacial score (nSPS) is 22.8. The third-order valence-corrected chi connectivity index (χ3v) is 3.74. The maximum Gasteiger partial charge on any atom is 0.308 e. The van der Waals surface area contributed by atoms with Crippen molar-refractivity contribution >= 4 is 17.3 Å². The van der Waals surface area contributed by atoms with Crippen LogP contribution in [-0.2, 0) is 4.79 Å². The molecule has 1 aromatic rings. The molecular weight excluding hydrogens is 260 g/mol. The molecule has 0 saturated heterocycles. The SMILES string of the molecule is O=C(O)C1CCCCCC1Nc1cccc([N+](=O)[O-])c1. The van der Waals surface area contributed by atoms with Crippen LogP contribution >= 0.6 is 0 Å². The Kier molecular flexibility index (Phi) is 4.55. The van der Waals surface area contributed by atoms with Gasteiger partial charge >= 0.3 is 5.97 Å². The van der Waals surface area contributed by atoms with Crippen molar-refractivity contribution in [3.63, 3.8) is 0 Å². The van der Waals surface area contributed by atoms with E-state index in [0.29, 0.717) is 12.1 Å². The first-order valence-electron chi connectivity index (χ1n) is 6.82. The van der Waals surface area contributed by atoms with Crippen molar-refractivity contribution in [2.75, 3.05) is 5.32 Å². The highest BCUT2D eigenvalue weighted by Gasteiger charge is 2.29. The molecule has 108 valence electrons. The summed E-state index contributed by atoms with van der Waals surface area (Å²) < 4.78 is 0. The Labute approximate surface area is 117 Å². The number of hydrogen-bond donors (Lipinski definition) is 2. The predicted octanol–water partition coefficient (Wildman–Crippen LogP) is 3.04. The van der Waals surface area contributed by atoms with Gasteiger partial charge in [0.15, 0.2) is 0 Å². The van der Waals surface area contributed by atoms with Gasteiger partial charge in [0.05, 0.1) is 10.8 Å². The van der Waals surface area contributed by atoms with E-state index in [0.717, 1.165) is 25.7 Å². The van der Waals surface area contributed by atoms with Crippen molar-refractivity contribution in [2.45, 2.75) is 38.1 Å². The standard InChI is InChI=1S/C14H18N2O4/c17-14(18)12-7-2-1-3-8-13(12)15-10-5-4-6-11(9-10)16(19)20/h4-6,9,12-13,15H,1-3,7-8H2,(H,17,18). The Morgan fingerprint density at radius 2 is 2.05 bits per heavy atom. The summed E-state index contributed by atoms with van der Waals surface area (Å²) in [6.07, 6.45) is 4.37. The Balaban J connectivity index is 2.15. The molecule has 6 heteroatoms. The topological polar surface area (TPSA) is 92.5 Å². The molecule has 6 nitrogen and oxygen atoms in total. The van der Waals surface area contributed by atoms with Crippen LogP contribution in [0.1, 0.15) is 32.1 Å². The molecule has 1 aliphatic carbocycles. The number of hydrogen-bond acceptors (Lipinski definition) is 4. The van der Waals surface area contributed by atoms with Crippen LogP contribution in [0.2, 0.25) is 0 Å². The van der Waals surface area contributed by atoms with Gasteiger partial charge in [-0.2, -0.15) is 0 Å². The minimum atomic E-state index is -0.796. The predicted molar refractivity (Wildman–Crippen MR) is 74.7 cm³/mol. The lowest BCUT2D eigenvalue weighted by molar-refractivity contribution is -0.384. The summed E-state index contributed by atoms with van der Waals surface area (Å²) in [7, 11) is 0. The lowest BCUT2D eigenvalue weighted by Crippen LogP contribution is -2.33. The van der Waals surface area contributed by atoms with Crippen LogP contribution in [0.15, 0.2) is 24.3 Å². The van der Waals surface area contributed by atoms with Crippen molar-refractivity contribution in [1.29, 1.82) is 0 Å². The number of aliphatic carboxylic acids is 1. The summed E-state index contributed by atoms with van der Waals surface area (Å²) >= 11 is 0. The Morgan fingerprint density at radius 1 is 1.30 bits per heavy atom. The van der Waals surface area contributed by atoms with Crippen LogP contribution in [0.25, 0.3) is 0 Å². The number of carboxylic acid groups (broad SMARTS) is 1. The van der Waals surface area contributed by atoms with Crippen LogP contribution in [0, 0.1) is 16.0 Å². The summed E-state index contributed by atoms with van der Waals surface area (Å²) in [4.78, 5) is 21.6. The molecule has 0 aromatic heterocycles. The number of carbonyl (C=O) groups is 1. The van der Waals surface area contributed by atoms with E-state index in [9.17, 15) is 20.0 Å². The van der Waals surface area contributed by atoms with E-state index in [-0.39, 0.29) is 11.7 Å². The Hall–Kier alpha value is -2.11. The highest BCUT2D eigenvalue weighted by Crippen LogP contribution is 2.27. The minimum absolute atomic E-state index is 0.00972. The molecule has 20 heavy (non-hydrogen) atoms. The average Bonchev–Trinajstić information content (AvgIpc) is 2.64. The molecule has 0 spiro atoms. The van der Waals surface area contributed by atoms with E-state index in [1.807, 2.05) is 0 Å². The average molecular weight is 278 g/mol. The number of rotatable bonds is 4. The summed E-state index contributed by atoms with van der Waals surface area (Å²) in [6.45, 7) is 0. The third-order valence-electron chi connectivity index (χ3n) is 3.74. The smallest absolute Gasteiger partial charge is 0.308 e. The summed E-state index contributed by atoms with van der Waals surface area (Å²) in [6, 6.07) is 6.04. The first-order chi connectivity index (χ1) is 9.58. The lowest BCUT2D eigenvalue weighted by atomic mass is 9.94. The highest BCUT2D eigenvalue weighted by atomic mass is 16.6. The summed E-state index contributed by atoms with van der Waals surface area (Å²) in [5.74, 6) is -1.23. The number of anilines is 1. The number of nitro benzene ring substituents is 1. The van der Waals surface area contributed by atoms with E-state index in [4.69, 9.17) is 0 Å². The second-order valence-corrected chi connectivity index (χ2v) is 5.14. The zero-order valence-electron chi connectivity index (χ0n) is 11.1. The molecule has 0 heterocycles. The molecule has 1 aliphatic rings. The van der Waals surface area contributed by atoms with Crippen molar-refractivity contribution in [2.24, 2.45) is 5.92 Å². The van der Waals surface area contributed by atoms with Gasteiger partial charge in [0.1, 0.15) is 0 Å². The molecular formula is C14H18N2O4. The number of benzene rings is 1. The minimum Gasteiger partial charge on any atom is -0.481 e. The number of non-ortho nitro benzene ring substituents is 1. The van der Waals surface area contributed by atoms with E-state index in [2.05, 4.69) is 5.32 Å². The van der Waals surface area contributed by atoms with Gasteiger partial charge in [-0.3, -0.25) is 14.9 Å². The molecule has 1 fully saturated rings. The number of nitrogens with one attached hydrogen (secondary N) is 1. The van der Waals surface area contributed by atoms with Crippen LogP contribution in [0.5, 0.6) is 0 Å². The molecule has 0 aliphatic heterocycles. The van der Waals surface area contributed by atoms with Crippen molar-refractivity contribution in [3.8, 4) is 0 Å². The van der Waals surface area contributed by atoms with Crippen LogP contribution < -0.4 is 5.32 Å². The molecule has 0 radical (unpaired) electrons. The fourth-order valence-corrected chi connectivity index (χ4v) is 2.70. The summed E-state index contributed by atoms with van der Waals surface area (Å²) in [5, 5.41) is 23.2. The Morgan fingerprint density at radius 3 is 2.75 bits per heavy atom. The third kappa shape index (κ3) is 3.46. The molecule has 1 aromatic carbocycles. The molecule has 0 bridgehead atoms. The lowest BCUT2D eigenvalue weighted by Gasteiger charge is -2.23. The van der Waals surface area contributed by atoms with Gasteiger partial charge in [0.2, 0.25) is 0 Å². The van der Waals surface area contributed by atoms with Gasteiger partial charge < -0.3 is 10.4 Å². The molecule has 2 unspecified atom stereocenters. The van der Waals surface area contributed by atoms with Crippen LogP contribution in [0.4, 0.5) is 11.4 Å². The maximum atomic E-state index is 11.3. The maximum absolute atomic E-state index is 11.3. The van der Waals surface area contributed by atoms with Gasteiger partial charge in [0, 0.05) is 23.9 Å². The van der Waals surface area contributed by atoms with Crippen molar-refractivity contribution in [3.05, 3.63) is 34.4 Å². The second kappa shape index (κ2) is 6.36. The molecule has 2 N–H and O–H groups in total. The molecule has 1 saturated carbocycles. The second-order valence-electron chi connectivity index (χ2n) is 5.14. The summed E-state index contributed by atoms with van der Waals surface area (Å²) in [5.41, 5.74) is 0.618. The van der Waals surface area contributed by atoms with E-state index in [1.165, 1.54) is 12.1 Å². The molecule has 2 atom stereocenters. The first-order valence-corrected chi connectivity index (χ1v) is 6.82. The number of nitro groups is 1. The fraction of sp³-hybridized carbons (Fsp3) is 0.500. The van der Waals surface area contributed by atoms with E-state index >= 15 is 0 Å². The first kappa shape index (κ1) is 14.3. The van der Waals surface area contributed by atoms with Gasteiger partial charge in [-0.1, -0.05) is 25.3 Å². The number of nitrogens with zero attached hydrogens (tertiary/aromatic N) is 1. The monoisotopic (exact) mass is 278 g/mol. The quantitative estimate of drug-likeness (QED) is 0.501. The zero-order chi connectivity index (χ0) is 14.5. The Bertz CT molecular complexity index is 504. The van der Waals surface area contributed by atoms with Gasteiger partial charge in [0.25, 0.3) is 5.69 Å². The van der Waals surface area contributed by atoms with Gasteiger partial charge in [-0.05, 0) is 18.9 Å². The van der Waals surface area contributed by atoms with Crippen molar-refractivity contribution < 1.29 is 14.8 Å². The van der Waals surface area contributed by atoms with Gasteiger partial charge in [-0.15, -0.1) is 0 Å². The molecule has 0 amide bonds. The highest BCUT2D eigenvalue weighted by molar-refractivity contribution is 5.71. The largest absolute Gasteiger partial charge is 0.481 e. The van der Waals surface area contributed by atoms with E-state index < -0.39 is 16.8 Å². The van der Waals surface area contributed by atoms with Crippen LogP contribution in [-0.4, -0.2) is 22.0 Å². The van der Waals surface area contributed by atoms with E-state index in [1.54, 1.807) is 12.1 Å². The number of carboxylic acids is 1.